The molecule has 25 heavy (non-hydrogen) atoms. The van der Waals surface area contributed by atoms with Gasteiger partial charge in [0, 0.05) is 27.2 Å². The Hall–Kier alpha value is -2.92. The molecule has 5 heteroatoms. The fourth-order valence-electron chi connectivity index (χ4n) is 2.77. The van der Waals surface area contributed by atoms with Gasteiger partial charge in [0.25, 0.3) is 0 Å². The molecule has 0 spiro atoms. The van der Waals surface area contributed by atoms with E-state index in [0.717, 1.165) is 32.7 Å². The van der Waals surface area contributed by atoms with Crippen molar-refractivity contribution in [2.45, 2.75) is 6.42 Å². The number of aromatic amines is 1. The minimum atomic E-state index is -0.248. The number of rotatable bonds is 4. The molecule has 0 radical (unpaired) electrons. The molecule has 1 amide bonds. The third-order valence-corrected chi connectivity index (χ3v) is 4.85. The van der Waals surface area contributed by atoms with Gasteiger partial charge in [-0.25, -0.2) is 4.39 Å². The summed E-state index contributed by atoms with van der Waals surface area (Å²) >= 11 is 1.57. The second kappa shape index (κ2) is 6.53. The van der Waals surface area contributed by atoms with Gasteiger partial charge in [-0.15, -0.1) is 11.3 Å². The van der Waals surface area contributed by atoms with Crippen molar-refractivity contribution in [1.29, 1.82) is 0 Å². The summed E-state index contributed by atoms with van der Waals surface area (Å²) in [7, 11) is 0. The van der Waals surface area contributed by atoms with Crippen LogP contribution in [0.25, 0.3) is 22.2 Å². The number of benzene rings is 2. The number of hydrogen-bond acceptors (Lipinski definition) is 2. The maximum atomic E-state index is 13.3. The average Bonchev–Trinajstić information content (AvgIpc) is 3.24. The zero-order valence-electron chi connectivity index (χ0n) is 13.3. The number of anilines is 1. The van der Waals surface area contributed by atoms with E-state index in [-0.39, 0.29) is 11.7 Å². The summed E-state index contributed by atoms with van der Waals surface area (Å²) in [5.74, 6) is -0.280. The lowest BCUT2D eigenvalue weighted by molar-refractivity contribution is -0.115. The Morgan fingerprint density at radius 2 is 1.92 bits per heavy atom. The highest BCUT2D eigenvalue weighted by molar-refractivity contribution is 7.10. The number of aromatic nitrogens is 1. The van der Waals surface area contributed by atoms with Gasteiger partial charge in [-0.05, 0) is 53.4 Å². The van der Waals surface area contributed by atoms with E-state index in [1.54, 1.807) is 17.4 Å². The molecule has 0 fully saturated rings. The number of halogens is 1. The third kappa shape index (κ3) is 3.46. The highest BCUT2D eigenvalue weighted by Crippen LogP contribution is 2.26. The Morgan fingerprint density at radius 3 is 2.68 bits per heavy atom. The van der Waals surface area contributed by atoms with E-state index in [0.29, 0.717) is 6.42 Å². The lowest BCUT2D eigenvalue weighted by atomic mass is 10.1. The van der Waals surface area contributed by atoms with E-state index < -0.39 is 0 Å². The van der Waals surface area contributed by atoms with Crippen molar-refractivity contribution in [1.82, 2.24) is 4.98 Å². The molecule has 2 N–H and O–H groups in total. The largest absolute Gasteiger partial charge is 0.355 e. The Morgan fingerprint density at radius 1 is 1.08 bits per heavy atom. The van der Waals surface area contributed by atoms with Crippen LogP contribution in [-0.2, 0) is 11.2 Å². The van der Waals surface area contributed by atoms with E-state index in [2.05, 4.69) is 10.3 Å². The molecule has 0 aliphatic rings. The molecule has 4 rings (SSSR count). The number of H-pyrrole nitrogens is 1. The van der Waals surface area contributed by atoms with Crippen molar-refractivity contribution < 1.29 is 9.18 Å². The molecule has 0 unspecified atom stereocenters. The van der Waals surface area contributed by atoms with Crippen molar-refractivity contribution >= 4 is 33.8 Å². The Labute approximate surface area is 148 Å². The number of carbonyl (C=O) groups excluding carboxylic acids is 1. The maximum Gasteiger partial charge on any atom is 0.229 e. The lowest BCUT2D eigenvalue weighted by Gasteiger charge is -2.05. The zero-order valence-corrected chi connectivity index (χ0v) is 14.1. The van der Waals surface area contributed by atoms with E-state index in [9.17, 15) is 9.18 Å². The Balaban J connectivity index is 1.50. The average molecular weight is 350 g/mol. The minimum Gasteiger partial charge on any atom is -0.355 e. The Kier molecular flexibility index (Phi) is 4.07. The molecule has 2 heterocycles. The normalized spacial score (nSPS) is 10.9. The van der Waals surface area contributed by atoms with Gasteiger partial charge in [0.05, 0.1) is 6.42 Å². The van der Waals surface area contributed by atoms with Crippen LogP contribution < -0.4 is 5.32 Å². The second-order valence-corrected chi connectivity index (χ2v) is 6.83. The van der Waals surface area contributed by atoms with Gasteiger partial charge in [0.2, 0.25) is 5.91 Å². The predicted octanol–water partition coefficient (Wildman–Crippen LogP) is 5.22. The number of fused-ring (bicyclic) bond motifs is 1. The highest BCUT2D eigenvalue weighted by Gasteiger charge is 2.07. The molecular weight excluding hydrogens is 335 g/mol. The first kappa shape index (κ1) is 15.6. The SMILES string of the molecule is O=C(Cc1cccs1)Nc1ccc(-c2cc3cc(F)ccc3[nH]2)cc1. The third-order valence-electron chi connectivity index (χ3n) is 3.98. The molecule has 4 aromatic rings. The van der Waals surface area contributed by atoms with Gasteiger partial charge in [-0.1, -0.05) is 18.2 Å². The standard InChI is InChI=1S/C20H15FN2OS/c21-15-5-8-18-14(10-15)11-19(23-18)13-3-6-16(7-4-13)22-20(24)12-17-2-1-9-25-17/h1-11,23H,12H2,(H,22,24). The first-order valence-corrected chi connectivity index (χ1v) is 8.76. The molecular formula is C20H15FN2OS. The lowest BCUT2D eigenvalue weighted by Crippen LogP contribution is -2.13. The summed E-state index contributed by atoms with van der Waals surface area (Å²) in [6, 6.07) is 18.1. The fourth-order valence-corrected chi connectivity index (χ4v) is 3.47. The van der Waals surface area contributed by atoms with Crippen molar-refractivity contribution in [3.8, 4) is 11.3 Å². The topological polar surface area (TPSA) is 44.9 Å². The first-order valence-electron chi connectivity index (χ1n) is 7.88. The number of hydrogen-bond donors (Lipinski definition) is 2. The molecule has 2 aromatic heterocycles. The summed E-state index contributed by atoms with van der Waals surface area (Å²) in [6.45, 7) is 0. The molecule has 0 atom stereocenters. The maximum absolute atomic E-state index is 13.3. The number of thiophene rings is 1. The van der Waals surface area contributed by atoms with Gasteiger partial charge in [-0.3, -0.25) is 4.79 Å². The van der Waals surface area contributed by atoms with Crippen LogP contribution in [0.1, 0.15) is 4.88 Å². The minimum absolute atomic E-state index is 0.0312. The van der Waals surface area contributed by atoms with Gasteiger partial charge in [0.1, 0.15) is 5.82 Å². The molecule has 0 bridgehead atoms. The smallest absolute Gasteiger partial charge is 0.229 e. The van der Waals surface area contributed by atoms with E-state index >= 15 is 0 Å². The zero-order chi connectivity index (χ0) is 17.2. The molecule has 0 saturated heterocycles. The molecule has 124 valence electrons. The fraction of sp³-hybridized carbons (Fsp3) is 0.0500. The molecule has 0 saturated carbocycles. The predicted molar refractivity (Wildman–Crippen MR) is 100 cm³/mol. The van der Waals surface area contributed by atoms with Crippen LogP contribution in [-0.4, -0.2) is 10.9 Å². The summed E-state index contributed by atoms with van der Waals surface area (Å²) < 4.78 is 13.3. The second-order valence-electron chi connectivity index (χ2n) is 5.80. The van der Waals surface area contributed by atoms with Crippen LogP contribution in [0, 0.1) is 5.82 Å². The van der Waals surface area contributed by atoms with E-state index in [1.807, 2.05) is 47.8 Å². The summed E-state index contributed by atoms with van der Waals surface area (Å²) in [6.07, 6.45) is 0.382. The first-order chi connectivity index (χ1) is 12.2. The van der Waals surface area contributed by atoms with Gasteiger partial charge < -0.3 is 10.3 Å². The van der Waals surface area contributed by atoms with Crippen molar-refractivity contribution in [2.24, 2.45) is 0 Å². The quantitative estimate of drug-likeness (QED) is 0.521. The summed E-state index contributed by atoms with van der Waals surface area (Å²) in [4.78, 5) is 16.4. The van der Waals surface area contributed by atoms with Crippen molar-refractivity contribution in [3.63, 3.8) is 0 Å². The van der Waals surface area contributed by atoms with Crippen molar-refractivity contribution in [3.05, 3.63) is 76.7 Å². The molecule has 0 aliphatic carbocycles. The van der Waals surface area contributed by atoms with Crippen LogP contribution in [0.2, 0.25) is 0 Å². The summed E-state index contributed by atoms with van der Waals surface area (Å²) in [5, 5.41) is 5.70. The number of amides is 1. The number of nitrogens with one attached hydrogen (secondary N) is 2. The van der Waals surface area contributed by atoms with Gasteiger partial charge >= 0.3 is 0 Å². The van der Waals surface area contributed by atoms with E-state index in [1.165, 1.54) is 12.1 Å². The number of carbonyl (C=O) groups is 1. The van der Waals surface area contributed by atoms with Crippen LogP contribution in [0.15, 0.2) is 66.0 Å². The van der Waals surface area contributed by atoms with Gasteiger partial charge in [-0.2, -0.15) is 0 Å². The van der Waals surface area contributed by atoms with Crippen molar-refractivity contribution in [2.75, 3.05) is 5.32 Å². The van der Waals surface area contributed by atoms with E-state index in [4.69, 9.17) is 0 Å². The van der Waals surface area contributed by atoms with Gasteiger partial charge in [0.15, 0.2) is 0 Å². The highest BCUT2D eigenvalue weighted by atomic mass is 32.1. The summed E-state index contributed by atoms with van der Waals surface area (Å²) in [5.41, 5.74) is 3.54. The van der Waals surface area contributed by atoms with Crippen LogP contribution in [0.5, 0.6) is 0 Å². The molecule has 2 aromatic carbocycles. The molecule has 3 nitrogen and oxygen atoms in total. The monoisotopic (exact) mass is 350 g/mol. The Bertz CT molecular complexity index is 1020. The van der Waals surface area contributed by atoms with Crippen LogP contribution in [0.4, 0.5) is 10.1 Å². The molecule has 0 aliphatic heterocycles. The van der Waals surface area contributed by atoms with Crippen LogP contribution in [0.3, 0.4) is 0 Å². The van der Waals surface area contributed by atoms with Crippen LogP contribution >= 0.6 is 11.3 Å².